The number of nitriles is 1. The Morgan fingerprint density at radius 2 is 2.27 bits per heavy atom. The second kappa shape index (κ2) is 4.48. The summed E-state index contributed by atoms with van der Waals surface area (Å²) in [6.45, 7) is 6.16. The predicted octanol–water partition coefficient (Wildman–Crippen LogP) is -0.233. The smallest absolute Gasteiger partial charge is 0.0669 e. The van der Waals surface area contributed by atoms with E-state index in [0.717, 1.165) is 32.6 Å². The Morgan fingerprint density at radius 3 is 2.87 bits per heavy atom. The fraction of sp³-hybridized carbons (Fsp3) is 0.909. The average molecular weight is 208 g/mol. The third-order valence-electron chi connectivity index (χ3n) is 3.69. The molecule has 0 aromatic rings. The molecule has 2 saturated heterocycles. The lowest BCUT2D eigenvalue weighted by atomic mass is 9.90. The highest BCUT2D eigenvalue weighted by Crippen LogP contribution is 2.24. The first-order valence-electron chi connectivity index (χ1n) is 5.82. The van der Waals surface area contributed by atoms with Crippen LogP contribution in [0, 0.1) is 23.2 Å². The van der Waals surface area contributed by atoms with E-state index in [1.807, 2.05) is 0 Å². The second-order valence-electron chi connectivity index (χ2n) is 4.90. The molecule has 84 valence electrons. The molecule has 2 aliphatic rings. The first-order valence-corrected chi connectivity index (χ1v) is 5.82. The van der Waals surface area contributed by atoms with Crippen LogP contribution in [-0.2, 0) is 0 Å². The Kier molecular flexibility index (Phi) is 3.25. The topological polar surface area (TPSA) is 65.1 Å². The molecule has 0 aromatic heterocycles. The maximum atomic E-state index is 8.89. The number of nitrogens with one attached hydrogen (secondary N) is 1. The van der Waals surface area contributed by atoms with E-state index >= 15 is 0 Å². The van der Waals surface area contributed by atoms with E-state index in [2.05, 4.69) is 23.2 Å². The van der Waals surface area contributed by atoms with Gasteiger partial charge in [0.05, 0.1) is 12.0 Å². The minimum Gasteiger partial charge on any atom is -0.325 e. The molecule has 3 N–H and O–H groups in total. The molecular weight excluding hydrogens is 188 g/mol. The van der Waals surface area contributed by atoms with Gasteiger partial charge < -0.3 is 11.1 Å². The molecular formula is C11H20N4. The quantitative estimate of drug-likeness (QED) is 0.624. The minimum absolute atomic E-state index is 0.214. The summed E-state index contributed by atoms with van der Waals surface area (Å²) in [5.41, 5.74) is 6.15. The summed E-state index contributed by atoms with van der Waals surface area (Å²) < 4.78 is 0. The summed E-state index contributed by atoms with van der Waals surface area (Å²) in [5, 5.41) is 12.2. The molecule has 0 aliphatic carbocycles. The van der Waals surface area contributed by atoms with Gasteiger partial charge in [0.25, 0.3) is 0 Å². The number of likely N-dealkylation sites (tertiary alicyclic amines) is 1. The van der Waals surface area contributed by atoms with E-state index in [9.17, 15) is 0 Å². The molecule has 0 aromatic carbocycles. The molecule has 2 aliphatic heterocycles. The largest absolute Gasteiger partial charge is 0.325 e. The van der Waals surface area contributed by atoms with Crippen LogP contribution in [0.5, 0.6) is 0 Å². The van der Waals surface area contributed by atoms with Gasteiger partial charge in [0.15, 0.2) is 0 Å². The van der Waals surface area contributed by atoms with Gasteiger partial charge in [-0.2, -0.15) is 5.26 Å². The number of nitrogens with zero attached hydrogens (tertiary/aromatic N) is 2. The summed E-state index contributed by atoms with van der Waals surface area (Å²) in [5.74, 6) is 0.811. The van der Waals surface area contributed by atoms with Gasteiger partial charge in [0.1, 0.15) is 0 Å². The highest BCUT2D eigenvalue weighted by atomic mass is 15.2. The number of rotatable bonds is 1. The standard InChI is InChI=1S/C11H20N4/c1-8-5-14-6-10(13)11(8)15-3-2-9(4-12)7-15/h8-11,14H,2-3,5-7,13H2,1H3. The molecule has 0 radical (unpaired) electrons. The molecule has 2 fully saturated rings. The lowest BCUT2D eigenvalue weighted by molar-refractivity contribution is 0.126. The summed E-state index contributed by atoms with van der Waals surface area (Å²) in [6.07, 6.45) is 1.01. The van der Waals surface area contributed by atoms with Crippen molar-refractivity contribution in [2.24, 2.45) is 17.6 Å². The normalized spacial score (nSPS) is 42.7. The zero-order valence-corrected chi connectivity index (χ0v) is 9.32. The van der Waals surface area contributed by atoms with Gasteiger partial charge in [-0.3, -0.25) is 4.90 Å². The van der Waals surface area contributed by atoms with Crippen molar-refractivity contribution < 1.29 is 0 Å². The van der Waals surface area contributed by atoms with E-state index in [1.54, 1.807) is 0 Å². The Morgan fingerprint density at radius 1 is 1.47 bits per heavy atom. The van der Waals surface area contributed by atoms with Gasteiger partial charge >= 0.3 is 0 Å². The van der Waals surface area contributed by atoms with Crippen molar-refractivity contribution in [2.75, 3.05) is 26.2 Å². The van der Waals surface area contributed by atoms with Crippen molar-refractivity contribution in [3.63, 3.8) is 0 Å². The van der Waals surface area contributed by atoms with Crippen LogP contribution in [0.3, 0.4) is 0 Å². The zero-order valence-electron chi connectivity index (χ0n) is 9.32. The molecule has 4 nitrogen and oxygen atoms in total. The third kappa shape index (κ3) is 2.15. The maximum absolute atomic E-state index is 8.89. The minimum atomic E-state index is 0.214. The van der Waals surface area contributed by atoms with Crippen molar-refractivity contribution in [1.29, 1.82) is 5.26 Å². The fourth-order valence-corrected chi connectivity index (χ4v) is 2.94. The number of nitrogens with two attached hydrogens (primary N) is 1. The van der Waals surface area contributed by atoms with Gasteiger partial charge in [-0.1, -0.05) is 6.92 Å². The van der Waals surface area contributed by atoms with Crippen LogP contribution >= 0.6 is 0 Å². The highest BCUT2D eigenvalue weighted by Gasteiger charge is 2.36. The van der Waals surface area contributed by atoms with Crippen LogP contribution < -0.4 is 11.1 Å². The summed E-state index contributed by atoms with van der Waals surface area (Å²) in [4.78, 5) is 2.42. The first kappa shape index (κ1) is 10.9. The van der Waals surface area contributed by atoms with Crippen LogP contribution in [0.2, 0.25) is 0 Å². The summed E-state index contributed by atoms with van der Waals surface area (Å²) in [7, 11) is 0. The average Bonchev–Trinajstić information content (AvgIpc) is 2.66. The maximum Gasteiger partial charge on any atom is 0.0669 e. The SMILES string of the molecule is CC1CNCC(N)C1N1CCC(C#N)C1. The van der Waals surface area contributed by atoms with Gasteiger partial charge in [-0.15, -0.1) is 0 Å². The van der Waals surface area contributed by atoms with E-state index in [0.29, 0.717) is 12.0 Å². The molecule has 4 atom stereocenters. The van der Waals surface area contributed by atoms with Crippen LogP contribution in [0.1, 0.15) is 13.3 Å². The fourth-order valence-electron chi connectivity index (χ4n) is 2.94. The van der Waals surface area contributed by atoms with Gasteiger partial charge in [-0.05, 0) is 25.4 Å². The summed E-state index contributed by atoms with van der Waals surface area (Å²) in [6, 6.07) is 3.04. The summed E-state index contributed by atoms with van der Waals surface area (Å²) >= 11 is 0. The predicted molar refractivity (Wildman–Crippen MR) is 59.1 cm³/mol. The van der Waals surface area contributed by atoms with Crippen LogP contribution in [0.15, 0.2) is 0 Å². The second-order valence-corrected chi connectivity index (χ2v) is 4.90. The Hall–Kier alpha value is -0.630. The van der Waals surface area contributed by atoms with Crippen LogP contribution in [0.25, 0.3) is 0 Å². The molecule has 2 heterocycles. The Labute approximate surface area is 91.4 Å². The number of piperidine rings is 1. The van der Waals surface area contributed by atoms with Crippen molar-refractivity contribution in [1.82, 2.24) is 10.2 Å². The van der Waals surface area contributed by atoms with Crippen molar-refractivity contribution in [2.45, 2.75) is 25.4 Å². The molecule has 2 rings (SSSR count). The monoisotopic (exact) mass is 208 g/mol. The van der Waals surface area contributed by atoms with Crippen LogP contribution in [-0.4, -0.2) is 43.2 Å². The molecule has 0 spiro atoms. The number of hydrogen-bond acceptors (Lipinski definition) is 4. The molecule has 0 amide bonds. The molecule has 0 saturated carbocycles. The lowest BCUT2D eigenvalue weighted by Crippen LogP contribution is -2.60. The van der Waals surface area contributed by atoms with Crippen molar-refractivity contribution in [3.05, 3.63) is 0 Å². The number of hydrogen-bond donors (Lipinski definition) is 2. The van der Waals surface area contributed by atoms with Crippen molar-refractivity contribution >= 4 is 0 Å². The van der Waals surface area contributed by atoms with E-state index in [4.69, 9.17) is 11.0 Å². The third-order valence-corrected chi connectivity index (χ3v) is 3.69. The Balaban J connectivity index is 2.00. The molecule has 15 heavy (non-hydrogen) atoms. The van der Waals surface area contributed by atoms with Crippen molar-refractivity contribution in [3.8, 4) is 6.07 Å². The molecule has 4 heteroatoms. The van der Waals surface area contributed by atoms with Gasteiger partial charge in [-0.25, -0.2) is 0 Å². The lowest BCUT2D eigenvalue weighted by Gasteiger charge is -2.40. The van der Waals surface area contributed by atoms with E-state index in [-0.39, 0.29) is 12.0 Å². The first-order chi connectivity index (χ1) is 7.22. The molecule has 0 bridgehead atoms. The van der Waals surface area contributed by atoms with Gasteiger partial charge in [0, 0.05) is 25.2 Å². The Bertz CT molecular complexity index is 250. The van der Waals surface area contributed by atoms with E-state index in [1.165, 1.54) is 0 Å². The zero-order chi connectivity index (χ0) is 10.8. The highest BCUT2D eigenvalue weighted by molar-refractivity contribution is 4.98. The van der Waals surface area contributed by atoms with E-state index < -0.39 is 0 Å². The van der Waals surface area contributed by atoms with Gasteiger partial charge in [0.2, 0.25) is 0 Å². The van der Waals surface area contributed by atoms with Crippen LogP contribution in [0.4, 0.5) is 0 Å². The molecule has 4 unspecified atom stereocenters.